The molecule has 0 aliphatic carbocycles. The third kappa shape index (κ3) is 5.02. The Hall–Kier alpha value is 0. The third-order valence-electron chi connectivity index (χ3n) is 3.72. The number of hydrogen-bond acceptors (Lipinski definition) is 0. The molecule has 0 bridgehead atoms. The number of hydrogen-bond donors (Lipinski definition) is 0. The Balaban J connectivity index is 4.13. The fraction of sp³-hybridized carbons (Fsp3) is 1.00. The molecule has 0 fully saturated rings. The first-order valence-corrected chi connectivity index (χ1v) is 6.29. The average molecular weight is 198 g/mol. The van der Waals surface area contributed by atoms with Crippen molar-refractivity contribution in [2.45, 2.75) is 67.7 Å². The first-order chi connectivity index (χ1) is 6.29. The molecule has 2 unspecified atom stereocenters. The van der Waals surface area contributed by atoms with Crippen molar-refractivity contribution in [1.82, 2.24) is 0 Å². The van der Waals surface area contributed by atoms with Crippen LogP contribution in [0.25, 0.3) is 0 Å². The highest BCUT2D eigenvalue weighted by atomic mass is 14.3. The molecular formula is C14H30. The van der Waals surface area contributed by atoms with Crippen molar-refractivity contribution in [2.24, 2.45) is 23.2 Å². The molecule has 0 aromatic carbocycles. The summed E-state index contributed by atoms with van der Waals surface area (Å²) in [5.41, 5.74) is 0.512. The fourth-order valence-electron chi connectivity index (χ4n) is 2.34. The van der Waals surface area contributed by atoms with Gasteiger partial charge in [-0.1, -0.05) is 54.9 Å². The van der Waals surface area contributed by atoms with Gasteiger partial charge >= 0.3 is 0 Å². The molecule has 0 rings (SSSR count). The van der Waals surface area contributed by atoms with Gasteiger partial charge in [-0.05, 0) is 36.0 Å². The SMILES string of the molecule is CCC(C)CC(C)C(C)(C)CC(C)C. The maximum Gasteiger partial charge on any atom is -0.0326 e. The van der Waals surface area contributed by atoms with Crippen molar-refractivity contribution in [2.75, 3.05) is 0 Å². The van der Waals surface area contributed by atoms with Crippen LogP contribution in [0.15, 0.2) is 0 Å². The molecule has 0 heterocycles. The second kappa shape index (κ2) is 5.78. The predicted octanol–water partition coefficient (Wildman–Crippen LogP) is 5.13. The monoisotopic (exact) mass is 198 g/mol. The summed E-state index contributed by atoms with van der Waals surface area (Å²) < 4.78 is 0. The van der Waals surface area contributed by atoms with Crippen LogP contribution in [0.3, 0.4) is 0 Å². The summed E-state index contributed by atoms with van der Waals surface area (Å²) in [6, 6.07) is 0. The minimum atomic E-state index is 0.512. The van der Waals surface area contributed by atoms with Gasteiger partial charge in [0.05, 0.1) is 0 Å². The van der Waals surface area contributed by atoms with Crippen molar-refractivity contribution < 1.29 is 0 Å². The molecule has 0 saturated carbocycles. The van der Waals surface area contributed by atoms with E-state index >= 15 is 0 Å². The molecule has 0 heteroatoms. The van der Waals surface area contributed by atoms with Crippen LogP contribution in [0.4, 0.5) is 0 Å². The van der Waals surface area contributed by atoms with Crippen LogP contribution in [-0.4, -0.2) is 0 Å². The second-order valence-electron chi connectivity index (χ2n) is 6.24. The minimum Gasteiger partial charge on any atom is -0.0651 e. The largest absolute Gasteiger partial charge is 0.0651 e. The molecule has 0 aromatic rings. The van der Waals surface area contributed by atoms with Gasteiger partial charge in [-0.15, -0.1) is 0 Å². The molecule has 0 N–H and O–H groups in total. The summed E-state index contributed by atoms with van der Waals surface area (Å²) in [5, 5.41) is 0. The van der Waals surface area contributed by atoms with E-state index in [1.165, 1.54) is 19.3 Å². The molecule has 0 radical (unpaired) electrons. The van der Waals surface area contributed by atoms with Gasteiger partial charge in [-0.2, -0.15) is 0 Å². The Bertz CT molecular complexity index is 144. The van der Waals surface area contributed by atoms with Gasteiger partial charge in [-0.25, -0.2) is 0 Å². The van der Waals surface area contributed by atoms with Crippen molar-refractivity contribution >= 4 is 0 Å². The van der Waals surface area contributed by atoms with Crippen LogP contribution in [-0.2, 0) is 0 Å². The van der Waals surface area contributed by atoms with Crippen LogP contribution in [0.2, 0.25) is 0 Å². The molecule has 86 valence electrons. The summed E-state index contributed by atoms with van der Waals surface area (Å²) in [6.45, 7) is 16.6. The Labute approximate surface area is 91.5 Å². The van der Waals surface area contributed by atoms with Gasteiger partial charge in [0.2, 0.25) is 0 Å². The van der Waals surface area contributed by atoms with Gasteiger partial charge in [0.1, 0.15) is 0 Å². The smallest absolute Gasteiger partial charge is 0.0326 e. The average Bonchev–Trinajstić information content (AvgIpc) is 2.01. The Kier molecular flexibility index (Phi) is 5.78. The topological polar surface area (TPSA) is 0 Å². The quantitative estimate of drug-likeness (QED) is 0.555. The van der Waals surface area contributed by atoms with Crippen LogP contribution in [0.1, 0.15) is 67.7 Å². The van der Waals surface area contributed by atoms with E-state index in [9.17, 15) is 0 Å². The van der Waals surface area contributed by atoms with Crippen molar-refractivity contribution in [3.8, 4) is 0 Å². The lowest BCUT2D eigenvalue weighted by Crippen LogP contribution is -2.25. The minimum absolute atomic E-state index is 0.512. The third-order valence-corrected chi connectivity index (χ3v) is 3.72. The van der Waals surface area contributed by atoms with Gasteiger partial charge in [0, 0.05) is 0 Å². The second-order valence-corrected chi connectivity index (χ2v) is 6.24. The zero-order chi connectivity index (χ0) is 11.4. The van der Waals surface area contributed by atoms with Crippen LogP contribution >= 0.6 is 0 Å². The molecule has 0 aromatic heterocycles. The molecule has 0 saturated heterocycles. The highest BCUT2D eigenvalue weighted by Crippen LogP contribution is 2.37. The van der Waals surface area contributed by atoms with Crippen molar-refractivity contribution in [3.63, 3.8) is 0 Å². The van der Waals surface area contributed by atoms with Crippen LogP contribution in [0, 0.1) is 23.2 Å². The lowest BCUT2D eigenvalue weighted by atomic mass is 9.71. The van der Waals surface area contributed by atoms with Crippen LogP contribution in [0.5, 0.6) is 0 Å². The van der Waals surface area contributed by atoms with E-state index in [4.69, 9.17) is 0 Å². The molecule has 0 nitrogen and oxygen atoms in total. The zero-order valence-electron chi connectivity index (χ0n) is 11.4. The van der Waals surface area contributed by atoms with E-state index in [0.717, 1.165) is 17.8 Å². The molecular weight excluding hydrogens is 168 g/mol. The lowest BCUT2D eigenvalue weighted by molar-refractivity contribution is 0.157. The van der Waals surface area contributed by atoms with Crippen molar-refractivity contribution in [1.29, 1.82) is 0 Å². The maximum absolute atomic E-state index is 2.43. The van der Waals surface area contributed by atoms with Gasteiger partial charge < -0.3 is 0 Å². The molecule has 0 spiro atoms. The predicted molar refractivity (Wildman–Crippen MR) is 66.5 cm³/mol. The number of rotatable bonds is 6. The molecule has 2 atom stereocenters. The standard InChI is InChI=1S/C14H30/c1-8-12(4)9-13(5)14(6,7)10-11(2)3/h11-13H,8-10H2,1-7H3. The van der Waals surface area contributed by atoms with E-state index in [2.05, 4.69) is 48.5 Å². The van der Waals surface area contributed by atoms with E-state index < -0.39 is 0 Å². The fourth-order valence-corrected chi connectivity index (χ4v) is 2.34. The highest BCUT2D eigenvalue weighted by Gasteiger charge is 2.27. The van der Waals surface area contributed by atoms with E-state index in [1.807, 2.05) is 0 Å². The first kappa shape index (κ1) is 14.0. The summed E-state index contributed by atoms with van der Waals surface area (Å²) in [5.74, 6) is 2.56. The van der Waals surface area contributed by atoms with Gasteiger partial charge in [-0.3, -0.25) is 0 Å². The van der Waals surface area contributed by atoms with E-state index in [0.29, 0.717) is 5.41 Å². The van der Waals surface area contributed by atoms with Gasteiger partial charge in [0.25, 0.3) is 0 Å². The molecule has 0 amide bonds. The van der Waals surface area contributed by atoms with E-state index in [-0.39, 0.29) is 0 Å². The Morgan fingerprint density at radius 1 is 1.00 bits per heavy atom. The normalized spacial score (nSPS) is 17.1. The van der Waals surface area contributed by atoms with Gasteiger partial charge in [0.15, 0.2) is 0 Å². The summed E-state index contributed by atoms with van der Waals surface area (Å²) in [4.78, 5) is 0. The Morgan fingerprint density at radius 2 is 1.50 bits per heavy atom. The molecule has 0 aliphatic heterocycles. The first-order valence-electron chi connectivity index (χ1n) is 6.29. The molecule has 14 heavy (non-hydrogen) atoms. The lowest BCUT2D eigenvalue weighted by Gasteiger charge is -2.35. The zero-order valence-corrected chi connectivity index (χ0v) is 11.4. The highest BCUT2D eigenvalue weighted by molar-refractivity contribution is 4.77. The molecule has 0 aliphatic rings. The van der Waals surface area contributed by atoms with E-state index in [1.54, 1.807) is 0 Å². The Morgan fingerprint density at radius 3 is 1.86 bits per heavy atom. The van der Waals surface area contributed by atoms with Crippen LogP contribution < -0.4 is 0 Å². The summed E-state index contributed by atoms with van der Waals surface area (Å²) in [7, 11) is 0. The van der Waals surface area contributed by atoms with Crippen molar-refractivity contribution in [3.05, 3.63) is 0 Å². The maximum atomic E-state index is 2.43. The summed E-state index contributed by atoms with van der Waals surface area (Å²) >= 11 is 0. The summed E-state index contributed by atoms with van der Waals surface area (Å²) in [6.07, 6.45) is 4.06.